The van der Waals surface area contributed by atoms with Crippen molar-refractivity contribution < 1.29 is 14.3 Å². The molecule has 76 valence electrons. The van der Waals surface area contributed by atoms with Crippen LogP contribution in [-0.2, 0) is 17.9 Å². The standard InChI is InChI=1S/C10H12FNO2/c11-5-10(14)12-6-8-1-3-9(7-13)4-2-8/h1-4,13H,5-7H2,(H,12,14). The van der Waals surface area contributed by atoms with Gasteiger partial charge in [-0.1, -0.05) is 24.3 Å². The Kier molecular flexibility index (Phi) is 4.07. The van der Waals surface area contributed by atoms with Crippen molar-refractivity contribution in [3.05, 3.63) is 35.4 Å². The van der Waals surface area contributed by atoms with Crippen LogP contribution in [0.25, 0.3) is 0 Å². The van der Waals surface area contributed by atoms with E-state index in [-0.39, 0.29) is 6.61 Å². The molecule has 0 fully saturated rings. The Balaban J connectivity index is 2.47. The number of aliphatic hydroxyl groups is 1. The Morgan fingerprint density at radius 3 is 2.36 bits per heavy atom. The van der Waals surface area contributed by atoms with Gasteiger partial charge >= 0.3 is 0 Å². The molecule has 2 N–H and O–H groups in total. The van der Waals surface area contributed by atoms with Crippen LogP contribution in [0.4, 0.5) is 4.39 Å². The highest BCUT2D eigenvalue weighted by molar-refractivity contribution is 5.76. The van der Waals surface area contributed by atoms with Gasteiger partial charge in [0.25, 0.3) is 5.91 Å². The molecule has 0 aliphatic carbocycles. The first kappa shape index (κ1) is 10.7. The molecule has 1 aromatic rings. The van der Waals surface area contributed by atoms with E-state index >= 15 is 0 Å². The molecule has 3 nitrogen and oxygen atoms in total. The van der Waals surface area contributed by atoms with Crippen LogP contribution in [0.1, 0.15) is 11.1 Å². The molecular formula is C10H12FNO2. The number of nitrogens with one attached hydrogen (secondary N) is 1. The summed E-state index contributed by atoms with van der Waals surface area (Å²) in [4.78, 5) is 10.6. The van der Waals surface area contributed by atoms with E-state index in [1.165, 1.54) is 0 Å². The first-order chi connectivity index (χ1) is 6.76. The number of amides is 1. The van der Waals surface area contributed by atoms with Gasteiger partial charge in [0, 0.05) is 6.54 Å². The van der Waals surface area contributed by atoms with Crippen LogP contribution in [0.2, 0.25) is 0 Å². The van der Waals surface area contributed by atoms with Gasteiger partial charge in [-0.25, -0.2) is 4.39 Å². The molecule has 1 aromatic carbocycles. The maximum absolute atomic E-state index is 11.8. The Bertz CT molecular complexity index is 297. The summed E-state index contributed by atoms with van der Waals surface area (Å²) < 4.78 is 11.8. The van der Waals surface area contributed by atoms with E-state index in [0.29, 0.717) is 6.54 Å². The summed E-state index contributed by atoms with van der Waals surface area (Å²) in [6.45, 7) is -0.680. The monoisotopic (exact) mass is 197 g/mol. The number of alkyl halides is 1. The summed E-state index contributed by atoms with van der Waals surface area (Å²) in [6.07, 6.45) is 0. The lowest BCUT2D eigenvalue weighted by atomic mass is 10.1. The summed E-state index contributed by atoms with van der Waals surface area (Å²) >= 11 is 0. The third-order valence-electron chi connectivity index (χ3n) is 1.82. The number of hydrogen-bond donors (Lipinski definition) is 2. The number of rotatable bonds is 4. The lowest BCUT2D eigenvalue weighted by Gasteiger charge is -2.03. The largest absolute Gasteiger partial charge is 0.392 e. The molecule has 0 aromatic heterocycles. The van der Waals surface area contributed by atoms with E-state index in [2.05, 4.69) is 5.32 Å². The molecule has 1 amide bonds. The number of carbonyl (C=O) groups is 1. The van der Waals surface area contributed by atoms with Crippen LogP contribution in [0.5, 0.6) is 0 Å². The lowest BCUT2D eigenvalue weighted by molar-refractivity contribution is -0.122. The zero-order valence-electron chi connectivity index (χ0n) is 7.66. The number of aliphatic hydroxyl groups excluding tert-OH is 1. The molecular weight excluding hydrogens is 185 g/mol. The van der Waals surface area contributed by atoms with Crippen LogP contribution in [0, 0.1) is 0 Å². The third kappa shape index (κ3) is 3.14. The Morgan fingerprint density at radius 2 is 1.86 bits per heavy atom. The summed E-state index contributed by atoms with van der Waals surface area (Å²) in [5.74, 6) is -0.615. The first-order valence-corrected chi connectivity index (χ1v) is 4.27. The summed E-state index contributed by atoms with van der Waals surface area (Å²) in [7, 11) is 0. The van der Waals surface area contributed by atoms with Crippen LogP contribution in [-0.4, -0.2) is 17.7 Å². The van der Waals surface area contributed by atoms with E-state index in [1.807, 2.05) is 0 Å². The molecule has 0 saturated carbocycles. The van der Waals surface area contributed by atoms with Gasteiger partial charge in [-0.3, -0.25) is 4.79 Å². The summed E-state index contributed by atoms with van der Waals surface area (Å²) in [6, 6.07) is 7.09. The second kappa shape index (κ2) is 5.34. The van der Waals surface area contributed by atoms with Gasteiger partial charge in [0.15, 0.2) is 6.67 Å². The minimum absolute atomic E-state index is 0.00286. The van der Waals surface area contributed by atoms with E-state index in [9.17, 15) is 9.18 Å². The second-order valence-corrected chi connectivity index (χ2v) is 2.88. The molecule has 14 heavy (non-hydrogen) atoms. The van der Waals surface area contributed by atoms with Crippen molar-refractivity contribution in [1.29, 1.82) is 0 Å². The number of halogens is 1. The SMILES string of the molecule is O=C(CF)NCc1ccc(CO)cc1. The summed E-state index contributed by atoms with van der Waals surface area (Å²) in [5, 5.41) is 11.2. The van der Waals surface area contributed by atoms with Gasteiger partial charge in [0.1, 0.15) is 0 Å². The zero-order valence-corrected chi connectivity index (χ0v) is 7.66. The molecule has 4 heteroatoms. The fourth-order valence-corrected chi connectivity index (χ4v) is 1.01. The minimum atomic E-state index is -0.991. The van der Waals surface area contributed by atoms with Crippen molar-refractivity contribution in [2.24, 2.45) is 0 Å². The molecule has 0 aliphatic rings. The Morgan fingerprint density at radius 1 is 1.29 bits per heavy atom. The maximum atomic E-state index is 11.8. The van der Waals surface area contributed by atoms with Gasteiger partial charge < -0.3 is 10.4 Å². The zero-order chi connectivity index (χ0) is 10.4. The van der Waals surface area contributed by atoms with Crippen LogP contribution >= 0.6 is 0 Å². The van der Waals surface area contributed by atoms with Gasteiger partial charge in [0.2, 0.25) is 0 Å². The van der Waals surface area contributed by atoms with Crippen molar-refractivity contribution >= 4 is 5.91 Å². The maximum Gasteiger partial charge on any atom is 0.251 e. The third-order valence-corrected chi connectivity index (χ3v) is 1.82. The molecule has 0 unspecified atom stereocenters. The minimum Gasteiger partial charge on any atom is -0.392 e. The van der Waals surface area contributed by atoms with E-state index in [4.69, 9.17) is 5.11 Å². The quantitative estimate of drug-likeness (QED) is 0.748. The highest BCUT2D eigenvalue weighted by atomic mass is 19.1. The van der Waals surface area contributed by atoms with Crippen LogP contribution in [0.15, 0.2) is 24.3 Å². The average Bonchev–Trinajstić information content (AvgIpc) is 2.26. The van der Waals surface area contributed by atoms with Crippen molar-refractivity contribution in [2.45, 2.75) is 13.2 Å². The predicted molar refractivity (Wildman–Crippen MR) is 50.2 cm³/mol. The molecule has 1 rings (SSSR count). The molecule has 0 bridgehead atoms. The number of benzene rings is 1. The van der Waals surface area contributed by atoms with Gasteiger partial charge in [-0.2, -0.15) is 0 Å². The van der Waals surface area contributed by atoms with Gasteiger partial charge in [0.05, 0.1) is 6.61 Å². The second-order valence-electron chi connectivity index (χ2n) is 2.88. The summed E-state index contributed by atoms with van der Waals surface area (Å²) in [5.41, 5.74) is 1.69. The number of hydrogen-bond acceptors (Lipinski definition) is 2. The fourth-order valence-electron chi connectivity index (χ4n) is 1.01. The van der Waals surface area contributed by atoms with Crippen molar-refractivity contribution in [2.75, 3.05) is 6.67 Å². The molecule has 0 saturated heterocycles. The Hall–Kier alpha value is -1.42. The topological polar surface area (TPSA) is 49.3 Å². The van der Waals surface area contributed by atoms with Crippen LogP contribution in [0.3, 0.4) is 0 Å². The molecule has 0 spiro atoms. The van der Waals surface area contributed by atoms with Crippen molar-refractivity contribution in [3.63, 3.8) is 0 Å². The predicted octanol–water partition coefficient (Wildman–Crippen LogP) is 0.765. The lowest BCUT2D eigenvalue weighted by Crippen LogP contribution is -2.23. The van der Waals surface area contributed by atoms with E-state index in [0.717, 1.165) is 11.1 Å². The molecule has 0 atom stereocenters. The molecule has 0 heterocycles. The van der Waals surface area contributed by atoms with Gasteiger partial charge in [-0.15, -0.1) is 0 Å². The molecule has 0 radical (unpaired) electrons. The molecule has 0 aliphatic heterocycles. The van der Waals surface area contributed by atoms with Gasteiger partial charge in [-0.05, 0) is 11.1 Å². The van der Waals surface area contributed by atoms with E-state index < -0.39 is 12.6 Å². The Labute approximate surface area is 81.6 Å². The normalized spacial score (nSPS) is 9.86. The first-order valence-electron chi connectivity index (χ1n) is 4.27. The van der Waals surface area contributed by atoms with E-state index in [1.54, 1.807) is 24.3 Å². The smallest absolute Gasteiger partial charge is 0.251 e. The van der Waals surface area contributed by atoms with Crippen molar-refractivity contribution in [3.8, 4) is 0 Å². The van der Waals surface area contributed by atoms with Crippen LogP contribution < -0.4 is 5.32 Å². The van der Waals surface area contributed by atoms with Crippen molar-refractivity contribution in [1.82, 2.24) is 5.32 Å². The fraction of sp³-hybridized carbons (Fsp3) is 0.300. The highest BCUT2D eigenvalue weighted by Crippen LogP contribution is 2.03. The highest BCUT2D eigenvalue weighted by Gasteiger charge is 1.99. The average molecular weight is 197 g/mol. The number of carbonyl (C=O) groups excluding carboxylic acids is 1.